The van der Waals surface area contributed by atoms with E-state index in [2.05, 4.69) is 15.8 Å². The molecular formula is C11H16N2O2S. The lowest BCUT2D eigenvalue weighted by Gasteiger charge is -2.46. The van der Waals surface area contributed by atoms with Gasteiger partial charge < -0.3 is 14.8 Å². The lowest BCUT2D eigenvalue weighted by molar-refractivity contribution is -0.148. The van der Waals surface area contributed by atoms with Gasteiger partial charge in [0.15, 0.2) is 0 Å². The molecule has 1 N–H and O–H groups in total. The van der Waals surface area contributed by atoms with Gasteiger partial charge in [-0.15, -0.1) is 0 Å². The first-order valence-corrected chi connectivity index (χ1v) is 6.54. The van der Waals surface area contributed by atoms with Crippen molar-refractivity contribution >= 4 is 11.5 Å². The Morgan fingerprint density at radius 1 is 1.38 bits per heavy atom. The zero-order valence-electron chi connectivity index (χ0n) is 9.15. The van der Waals surface area contributed by atoms with E-state index >= 15 is 0 Å². The van der Waals surface area contributed by atoms with Crippen LogP contribution in [0.4, 0.5) is 0 Å². The first-order chi connectivity index (χ1) is 7.91. The molecule has 3 heterocycles. The zero-order chi connectivity index (χ0) is 10.8. The average Bonchev–Trinajstić information content (AvgIpc) is 2.84. The molecule has 3 rings (SSSR count). The van der Waals surface area contributed by atoms with E-state index in [1.54, 1.807) is 11.5 Å². The predicted octanol–water partition coefficient (Wildman–Crippen LogP) is 1.35. The summed E-state index contributed by atoms with van der Waals surface area (Å²) < 4.78 is 15.7. The van der Waals surface area contributed by atoms with Crippen LogP contribution in [0.25, 0.3) is 0 Å². The predicted molar refractivity (Wildman–Crippen MR) is 61.6 cm³/mol. The highest BCUT2D eigenvalue weighted by molar-refractivity contribution is 7.05. The summed E-state index contributed by atoms with van der Waals surface area (Å²) in [5.41, 5.74) is -0.0664. The molecule has 1 aromatic heterocycles. The second-order valence-corrected chi connectivity index (χ2v) is 5.19. The van der Waals surface area contributed by atoms with E-state index in [0.29, 0.717) is 0 Å². The quantitative estimate of drug-likeness (QED) is 0.805. The Labute approximate surface area is 99.1 Å². The number of hydrogen-bond acceptors (Lipinski definition) is 5. The fourth-order valence-electron chi connectivity index (χ4n) is 2.61. The van der Waals surface area contributed by atoms with Crippen LogP contribution in [0.15, 0.2) is 12.3 Å². The Morgan fingerprint density at radius 2 is 2.25 bits per heavy atom. The molecular weight excluding hydrogens is 224 g/mol. The fourth-order valence-corrected chi connectivity index (χ4v) is 3.38. The van der Waals surface area contributed by atoms with Crippen molar-refractivity contribution in [2.75, 3.05) is 26.4 Å². The van der Waals surface area contributed by atoms with Crippen molar-refractivity contribution in [2.24, 2.45) is 0 Å². The maximum atomic E-state index is 6.08. The van der Waals surface area contributed by atoms with E-state index in [4.69, 9.17) is 9.47 Å². The number of aromatic nitrogens is 1. The first-order valence-electron chi connectivity index (χ1n) is 5.76. The molecule has 4 nitrogen and oxygen atoms in total. The van der Waals surface area contributed by atoms with Gasteiger partial charge in [-0.3, -0.25) is 0 Å². The molecule has 5 heteroatoms. The van der Waals surface area contributed by atoms with Gasteiger partial charge in [-0.2, -0.15) is 0 Å². The van der Waals surface area contributed by atoms with Gasteiger partial charge in [-0.1, -0.05) is 0 Å². The van der Waals surface area contributed by atoms with Gasteiger partial charge in [0, 0.05) is 43.7 Å². The molecule has 1 spiro atoms. The number of hydrogen-bond donors (Lipinski definition) is 1. The minimum Gasteiger partial charge on any atom is -0.381 e. The molecule has 2 saturated heterocycles. The van der Waals surface area contributed by atoms with Crippen LogP contribution in [0.1, 0.15) is 23.8 Å². The number of nitrogens with one attached hydrogen (secondary N) is 1. The molecule has 0 amide bonds. The van der Waals surface area contributed by atoms with Crippen LogP contribution in [0.5, 0.6) is 0 Å². The third kappa shape index (κ3) is 1.78. The van der Waals surface area contributed by atoms with Gasteiger partial charge in [-0.05, 0) is 17.6 Å². The highest BCUT2D eigenvalue weighted by Gasteiger charge is 2.44. The van der Waals surface area contributed by atoms with Crippen LogP contribution in [0.3, 0.4) is 0 Å². The number of morpholine rings is 1. The molecule has 0 radical (unpaired) electrons. The van der Waals surface area contributed by atoms with Crippen molar-refractivity contribution in [2.45, 2.75) is 24.5 Å². The molecule has 2 aliphatic rings. The molecule has 2 aliphatic heterocycles. The molecule has 1 unspecified atom stereocenters. The monoisotopic (exact) mass is 240 g/mol. The Balaban J connectivity index is 1.88. The average molecular weight is 240 g/mol. The summed E-state index contributed by atoms with van der Waals surface area (Å²) in [5, 5.41) is 3.57. The fraction of sp³-hybridized carbons (Fsp3) is 0.727. The van der Waals surface area contributed by atoms with E-state index in [1.165, 1.54) is 4.88 Å². The van der Waals surface area contributed by atoms with Crippen molar-refractivity contribution in [1.82, 2.24) is 9.69 Å². The molecule has 0 aliphatic carbocycles. The second-order valence-electron chi connectivity index (χ2n) is 4.33. The second kappa shape index (κ2) is 4.41. The van der Waals surface area contributed by atoms with Crippen LogP contribution >= 0.6 is 11.5 Å². The van der Waals surface area contributed by atoms with Gasteiger partial charge in [0.1, 0.15) is 0 Å². The van der Waals surface area contributed by atoms with Crippen molar-refractivity contribution < 1.29 is 9.47 Å². The van der Waals surface area contributed by atoms with E-state index in [1.807, 2.05) is 6.20 Å². The van der Waals surface area contributed by atoms with Crippen LogP contribution < -0.4 is 5.32 Å². The van der Waals surface area contributed by atoms with Gasteiger partial charge in [0.25, 0.3) is 0 Å². The van der Waals surface area contributed by atoms with E-state index in [-0.39, 0.29) is 11.6 Å². The van der Waals surface area contributed by atoms with Crippen molar-refractivity contribution in [3.8, 4) is 0 Å². The summed E-state index contributed by atoms with van der Waals surface area (Å²) in [6.45, 7) is 3.33. The van der Waals surface area contributed by atoms with Gasteiger partial charge >= 0.3 is 0 Å². The Bertz CT molecular complexity index is 327. The van der Waals surface area contributed by atoms with Crippen LogP contribution in [-0.2, 0) is 9.47 Å². The summed E-state index contributed by atoms with van der Waals surface area (Å²) in [6, 6.07) is 2.38. The Hall–Kier alpha value is -0.490. The normalized spacial score (nSPS) is 29.4. The highest BCUT2D eigenvalue weighted by atomic mass is 32.1. The molecule has 16 heavy (non-hydrogen) atoms. The Morgan fingerprint density at radius 3 is 3.00 bits per heavy atom. The maximum Gasteiger partial charge on any atom is 0.0929 e. The third-order valence-corrected chi connectivity index (χ3v) is 4.26. The van der Waals surface area contributed by atoms with Crippen LogP contribution in [0.2, 0.25) is 0 Å². The molecule has 0 bridgehead atoms. The zero-order valence-corrected chi connectivity index (χ0v) is 9.96. The minimum absolute atomic E-state index is 0.0664. The largest absolute Gasteiger partial charge is 0.381 e. The molecule has 0 aromatic carbocycles. The van der Waals surface area contributed by atoms with Crippen LogP contribution in [-0.4, -0.2) is 36.3 Å². The summed E-state index contributed by atoms with van der Waals surface area (Å²) in [7, 11) is 0. The highest BCUT2D eigenvalue weighted by Crippen LogP contribution is 2.40. The third-order valence-electron chi connectivity index (χ3n) is 3.45. The van der Waals surface area contributed by atoms with Crippen molar-refractivity contribution in [1.29, 1.82) is 0 Å². The summed E-state index contributed by atoms with van der Waals surface area (Å²) in [5.74, 6) is 0. The van der Waals surface area contributed by atoms with Crippen molar-refractivity contribution in [3.63, 3.8) is 0 Å². The van der Waals surface area contributed by atoms with E-state index < -0.39 is 0 Å². The Kier molecular flexibility index (Phi) is 2.93. The SMILES string of the molecule is c1cc(C2NCCOC23CCOCC3)sn1. The summed E-state index contributed by atoms with van der Waals surface area (Å²) in [6.07, 6.45) is 3.81. The lowest BCUT2D eigenvalue weighted by Crippen LogP contribution is -2.54. The van der Waals surface area contributed by atoms with Crippen molar-refractivity contribution in [3.05, 3.63) is 17.1 Å². The van der Waals surface area contributed by atoms with E-state index in [9.17, 15) is 0 Å². The van der Waals surface area contributed by atoms with Gasteiger partial charge in [0.05, 0.1) is 18.2 Å². The maximum absolute atomic E-state index is 6.08. The molecule has 1 atom stereocenters. The van der Waals surface area contributed by atoms with Gasteiger partial charge in [-0.25, -0.2) is 4.37 Å². The number of nitrogens with zero attached hydrogens (tertiary/aromatic N) is 1. The van der Waals surface area contributed by atoms with E-state index in [0.717, 1.165) is 39.2 Å². The number of ether oxygens (including phenoxy) is 2. The molecule has 0 saturated carbocycles. The summed E-state index contributed by atoms with van der Waals surface area (Å²) >= 11 is 1.56. The smallest absolute Gasteiger partial charge is 0.0929 e. The standard InChI is InChI=1S/C11H16N2O2S/c1-4-13-16-9(1)10-11(15-8-5-12-10)2-6-14-7-3-11/h1,4,10,12H,2-3,5-8H2. The first kappa shape index (κ1) is 10.7. The lowest BCUT2D eigenvalue weighted by atomic mass is 9.84. The number of rotatable bonds is 1. The topological polar surface area (TPSA) is 43.4 Å². The molecule has 2 fully saturated rings. The van der Waals surface area contributed by atoms with Crippen LogP contribution in [0, 0.1) is 0 Å². The minimum atomic E-state index is -0.0664. The molecule has 1 aromatic rings. The summed E-state index contributed by atoms with van der Waals surface area (Å²) in [4.78, 5) is 1.28. The molecule has 88 valence electrons. The van der Waals surface area contributed by atoms with Gasteiger partial charge in [0.2, 0.25) is 0 Å².